The molecule has 0 aliphatic carbocycles. The van der Waals surface area contributed by atoms with E-state index in [-0.39, 0.29) is 23.9 Å². The van der Waals surface area contributed by atoms with Crippen LogP contribution >= 0.6 is 0 Å². The molecule has 3 rings (SSSR count). The molecule has 0 unspecified atom stereocenters. The van der Waals surface area contributed by atoms with Gasteiger partial charge in [-0.15, -0.1) is 0 Å². The minimum absolute atomic E-state index is 0.0734. The van der Waals surface area contributed by atoms with Crippen molar-refractivity contribution in [1.82, 2.24) is 15.1 Å². The maximum Gasteiger partial charge on any atom is 0.259 e. The average molecular weight is 340 g/mol. The van der Waals surface area contributed by atoms with Crippen molar-refractivity contribution in [1.29, 1.82) is 0 Å². The Labute approximate surface area is 147 Å². The minimum Gasteiger partial charge on any atom is -0.352 e. The van der Waals surface area contributed by atoms with E-state index in [4.69, 9.17) is 0 Å². The largest absolute Gasteiger partial charge is 0.352 e. The van der Waals surface area contributed by atoms with Crippen LogP contribution in [0.2, 0.25) is 0 Å². The van der Waals surface area contributed by atoms with Gasteiger partial charge in [0.1, 0.15) is 5.82 Å². The molecule has 1 aromatic heterocycles. The Bertz CT molecular complexity index is 783. The Morgan fingerprint density at radius 1 is 1.20 bits per heavy atom. The molecule has 1 N–H and O–H groups in total. The summed E-state index contributed by atoms with van der Waals surface area (Å²) in [5.74, 6) is 0.547. The zero-order chi connectivity index (χ0) is 18.0. The van der Waals surface area contributed by atoms with Gasteiger partial charge in [0.2, 0.25) is 0 Å². The number of carbonyl (C=O) groups excluding carboxylic acids is 2. The predicted molar refractivity (Wildman–Crippen MR) is 96.9 cm³/mol. The molecule has 2 atom stereocenters. The van der Waals surface area contributed by atoms with Gasteiger partial charge in [-0.1, -0.05) is 13.0 Å². The van der Waals surface area contributed by atoms with E-state index in [2.05, 4.69) is 17.3 Å². The Hall–Kier alpha value is -2.63. The molecule has 2 heterocycles. The summed E-state index contributed by atoms with van der Waals surface area (Å²) in [5.41, 5.74) is 1.02. The number of carbonyl (C=O) groups is 2. The summed E-state index contributed by atoms with van der Waals surface area (Å²) >= 11 is 0. The molecule has 0 spiro atoms. The van der Waals surface area contributed by atoms with Gasteiger partial charge in [0.15, 0.2) is 0 Å². The predicted octanol–water partition coefficient (Wildman–Crippen LogP) is 3.02. The summed E-state index contributed by atoms with van der Waals surface area (Å²) in [5, 5.41) is 7.18. The molecule has 2 amide bonds. The molecule has 0 radical (unpaired) electrons. The summed E-state index contributed by atoms with van der Waals surface area (Å²) in [4.78, 5) is 27.1. The second kappa shape index (κ2) is 7.09. The van der Waals surface area contributed by atoms with Crippen molar-refractivity contribution in [2.45, 2.75) is 45.7 Å². The molecule has 6 nitrogen and oxygen atoms in total. The molecule has 2 aromatic rings. The normalized spacial score (nSPS) is 19.4. The number of rotatable bonds is 4. The van der Waals surface area contributed by atoms with E-state index in [0.717, 1.165) is 18.7 Å². The number of nitrogens with zero attached hydrogens (tertiary/aromatic N) is 3. The number of fused-ring (bicyclic) bond motifs is 1. The first-order valence-electron chi connectivity index (χ1n) is 8.78. The first kappa shape index (κ1) is 17.2. The highest BCUT2D eigenvalue weighted by Crippen LogP contribution is 2.32. The Morgan fingerprint density at radius 2 is 1.96 bits per heavy atom. The Balaban J connectivity index is 1.89. The quantitative estimate of drug-likeness (QED) is 0.930. The van der Waals surface area contributed by atoms with Crippen LogP contribution in [0.25, 0.3) is 0 Å². The summed E-state index contributed by atoms with van der Waals surface area (Å²) in [6.45, 7) is 6.77. The standard InChI is InChI=1S/C19H24N4O2/c1-4-9-20-18(24)15-6-5-7-16(12-15)19(25)22-13(2)11-14(3)23-17(22)8-10-21-23/h5-8,10,12-14H,4,9,11H2,1-3H3,(H,20,24)/t13-,14-/m1/s1. The van der Waals surface area contributed by atoms with Gasteiger partial charge in [0.05, 0.1) is 12.2 Å². The van der Waals surface area contributed by atoms with Crippen LogP contribution in [-0.2, 0) is 0 Å². The highest BCUT2D eigenvalue weighted by Gasteiger charge is 2.33. The number of anilines is 1. The van der Waals surface area contributed by atoms with E-state index in [9.17, 15) is 9.59 Å². The van der Waals surface area contributed by atoms with Gasteiger partial charge in [0, 0.05) is 29.8 Å². The van der Waals surface area contributed by atoms with Crippen molar-refractivity contribution in [2.75, 3.05) is 11.4 Å². The van der Waals surface area contributed by atoms with Gasteiger partial charge < -0.3 is 5.32 Å². The highest BCUT2D eigenvalue weighted by molar-refractivity contribution is 6.07. The van der Waals surface area contributed by atoms with E-state index in [1.165, 1.54) is 0 Å². The minimum atomic E-state index is -0.151. The maximum atomic E-state index is 13.1. The molecule has 0 saturated carbocycles. The third-order valence-electron chi connectivity index (χ3n) is 4.56. The number of benzene rings is 1. The van der Waals surface area contributed by atoms with Crippen LogP contribution < -0.4 is 10.2 Å². The van der Waals surface area contributed by atoms with Crippen molar-refractivity contribution in [3.05, 3.63) is 47.7 Å². The van der Waals surface area contributed by atoms with Gasteiger partial charge in [-0.2, -0.15) is 5.10 Å². The SMILES string of the molecule is CCCNC(=O)c1cccc(C(=O)N2c3ccnn3[C@H](C)C[C@H]2C)c1. The van der Waals surface area contributed by atoms with E-state index < -0.39 is 0 Å². The monoisotopic (exact) mass is 340 g/mol. The summed E-state index contributed by atoms with van der Waals surface area (Å²) in [6, 6.07) is 9.10. The van der Waals surface area contributed by atoms with Crippen molar-refractivity contribution in [3.63, 3.8) is 0 Å². The fraction of sp³-hybridized carbons (Fsp3) is 0.421. The molecule has 6 heteroatoms. The Kier molecular flexibility index (Phi) is 4.88. The second-order valence-corrected chi connectivity index (χ2v) is 6.58. The van der Waals surface area contributed by atoms with Crippen molar-refractivity contribution in [2.24, 2.45) is 0 Å². The molecule has 25 heavy (non-hydrogen) atoms. The lowest BCUT2D eigenvalue weighted by Crippen LogP contribution is -2.45. The van der Waals surface area contributed by atoms with Crippen LogP contribution in [0, 0.1) is 0 Å². The van der Waals surface area contributed by atoms with Gasteiger partial charge in [-0.05, 0) is 44.9 Å². The van der Waals surface area contributed by atoms with Gasteiger partial charge in [0.25, 0.3) is 11.8 Å². The molecule has 0 fully saturated rings. The van der Waals surface area contributed by atoms with Gasteiger partial charge in [-0.3, -0.25) is 14.5 Å². The molecular weight excluding hydrogens is 316 g/mol. The third-order valence-corrected chi connectivity index (χ3v) is 4.56. The topological polar surface area (TPSA) is 67.2 Å². The van der Waals surface area contributed by atoms with Crippen LogP contribution in [0.1, 0.15) is 60.4 Å². The molecule has 1 aliphatic rings. The zero-order valence-corrected chi connectivity index (χ0v) is 14.9. The van der Waals surface area contributed by atoms with E-state index in [1.54, 1.807) is 35.4 Å². The fourth-order valence-corrected chi connectivity index (χ4v) is 3.34. The maximum absolute atomic E-state index is 13.1. The molecule has 132 valence electrons. The number of nitrogens with one attached hydrogen (secondary N) is 1. The molecule has 1 aromatic carbocycles. The second-order valence-electron chi connectivity index (χ2n) is 6.58. The number of amides is 2. The first-order valence-corrected chi connectivity index (χ1v) is 8.78. The van der Waals surface area contributed by atoms with Crippen molar-refractivity contribution in [3.8, 4) is 0 Å². The van der Waals surface area contributed by atoms with Crippen molar-refractivity contribution >= 4 is 17.6 Å². The van der Waals surface area contributed by atoms with E-state index >= 15 is 0 Å². The molecule has 0 saturated heterocycles. The van der Waals surface area contributed by atoms with Crippen LogP contribution in [-0.4, -0.2) is 34.2 Å². The number of hydrogen-bond donors (Lipinski definition) is 1. The zero-order valence-electron chi connectivity index (χ0n) is 14.9. The Morgan fingerprint density at radius 3 is 2.72 bits per heavy atom. The van der Waals surface area contributed by atoms with Crippen LogP contribution in [0.4, 0.5) is 5.82 Å². The lowest BCUT2D eigenvalue weighted by Gasteiger charge is -2.37. The van der Waals surface area contributed by atoms with Gasteiger partial charge >= 0.3 is 0 Å². The van der Waals surface area contributed by atoms with Crippen molar-refractivity contribution < 1.29 is 9.59 Å². The van der Waals surface area contributed by atoms with E-state index in [1.807, 2.05) is 24.6 Å². The fourth-order valence-electron chi connectivity index (χ4n) is 3.34. The number of hydrogen-bond acceptors (Lipinski definition) is 3. The summed E-state index contributed by atoms with van der Waals surface area (Å²) in [6.07, 6.45) is 3.44. The lowest BCUT2D eigenvalue weighted by atomic mass is 10.0. The smallest absolute Gasteiger partial charge is 0.259 e. The third kappa shape index (κ3) is 3.29. The first-order chi connectivity index (χ1) is 12.0. The summed E-state index contributed by atoms with van der Waals surface area (Å²) in [7, 11) is 0. The molecular formula is C19H24N4O2. The van der Waals surface area contributed by atoms with Crippen LogP contribution in [0.3, 0.4) is 0 Å². The lowest BCUT2D eigenvalue weighted by molar-refractivity contribution is 0.0953. The van der Waals surface area contributed by atoms with Crippen LogP contribution in [0.15, 0.2) is 36.5 Å². The average Bonchev–Trinajstić information content (AvgIpc) is 3.09. The summed E-state index contributed by atoms with van der Waals surface area (Å²) < 4.78 is 1.88. The molecule has 1 aliphatic heterocycles. The highest BCUT2D eigenvalue weighted by atomic mass is 16.2. The van der Waals surface area contributed by atoms with E-state index in [0.29, 0.717) is 17.7 Å². The van der Waals surface area contributed by atoms with Gasteiger partial charge in [-0.25, -0.2) is 4.68 Å². The molecule has 0 bridgehead atoms. The van der Waals surface area contributed by atoms with Crippen LogP contribution in [0.5, 0.6) is 0 Å². The number of aromatic nitrogens is 2.